The summed E-state index contributed by atoms with van der Waals surface area (Å²) in [5.41, 5.74) is 6.01. The largest absolute Gasteiger partial charge is 0.252 e. The summed E-state index contributed by atoms with van der Waals surface area (Å²) in [5.74, 6) is 0.626. The Labute approximate surface area is 132 Å². The van der Waals surface area contributed by atoms with E-state index in [-0.39, 0.29) is 0 Å². The number of rotatable bonds is 3. The van der Waals surface area contributed by atoms with Crippen LogP contribution in [0.15, 0.2) is 48.7 Å². The molecule has 22 heavy (non-hydrogen) atoms. The molecule has 0 N–H and O–H groups in total. The van der Waals surface area contributed by atoms with E-state index in [1.807, 2.05) is 0 Å². The maximum atomic E-state index is 4.86. The van der Waals surface area contributed by atoms with Crippen molar-refractivity contribution in [2.45, 2.75) is 27.2 Å². The second-order valence-corrected chi connectivity index (χ2v) is 6.46. The number of aryl methyl sites for hydroxylation is 2. The summed E-state index contributed by atoms with van der Waals surface area (Å²) in [5, 5.41) is 1.19. The summed E-state index contributed by atoms with van der Waals surface area (Å²) in [4.78, 5) is 4.86. The highest BCUT2D eigenvalue weighted by Gasteiger charge is 2.14. The van der Waals surface area contributed by atoms with Gasteiger partial charge in [0.2, 0.25) is 5.69 Å². The Balaban J connectivity index is 2.15. The van der Waals surface area contributed by atoms with E-state index in [1.54, 1.807) is 0 Å². The van der Waals surface area contributed by atoms with E-state index >= 15 is 0 Å². The highest BCUT2D eigenvalue weighted by atomic mass is 14.9. The van der Waals surface area contributed by atoms with E-state index < -0.39 is 0 Å². The molecule has 0 aliphatic carbocycles. The van der Waals surface area contributed by atoms with Crippen LogP contribution in [-0.2, 0) is 13.5 Å². The Morgan fingerprint density at radius 1 is 1.09 bits per heavy atom. The molecule has 112 valence electrons. The zero-order valence-corrected chi connectivity index (χ0v) is 13.8. The Bertz CT molecular complexity index is 819. The molecule has 3 rings (SSSR count). The van der Waals surface area contributed by atoms with Gasteiger partial charge in [-0.05, 0) is 43.0 Å². The third-order valence-electron chi connectivity index (χ3n) is 4.04. The van der Waals surface area contributed by atoms with Crippen molar-refractivity contribution in [1.82, 2.24) is 4.98 Å². The molecule has 0 spiro atoms. The molecule has 2 heterocycles. The van der Waals surface area contributed by atoms with Crippen molar-refractivity contribution in [3.63, 3.8) is 0 Å². The van der Waals surface area contributed by atoms with Gasteiger partial charge in [-0.25, -0.2) is 4.57 Å². The minimum Gasteiger partial charge on any atom is -0.252 e. The smallest absolute Gasteiger partial charge is 0.214 e. The lowest BCUT2D eigenvalue weighted by atomic mass is 10.0. The molecule has 0 fully saturated rings. The molecule has 0 aliphatic rings. The van der Waals surface area contributed by atoms with Crippen LogP contribution >= 0.6 is 0 Å². The fourth-order valence-corrected chi connectivity index (χ4v) is 2.92. The lowest BCUT2D eigenvalue weighted by Crippen LogP contribution is -2.30. The van der Waals surface area contributed by atoms with Gasteiger partial charge in [-0.1, -0.05) is 32.0 Å². The van der Waals surface area contributed by atoms with Crippen molar-refractivity contribution in [2.24, 2.45) is 13.0 Å². The van der Waals surface area contributed by atoms with Crippen molar-refractivity contribution in [1.29, 1.82) is 0 Å². The highest BCUT2D eigenvalue weighted by molar-refractivity contribution is 5.80. The van der Waals surface area contributed by atoms with Gasteiger partial charge in [0.05, 0.1) is 10.9 Å². The normalized spacial score (nSPS) is 11.3. The summed E-state index contributed by atoms with van der Waals surface area (Å²) in [6.45, 7) is 6.62. The number of benzene rings is 1. The topological polar surface area (TPSA) is 16.8 Å². The van der Waals surface area contributed by atoms with Crippen molar-refractivity contribution in [2.75, 3.05) is 0 Å². The van der Waals surface area contributed by atoms with Gasteiger partial charge in [-0.3, -0.25) is 4.98 Å². The molecule has 1 aromatic carbocycles. The summed E-state index contributed by atoms with van der Waals surface area (Å²) >= 11 is 0. The molecule has 0 saturated heterocycles. The molecular formula is C20H23N2+. The zero-order valence-electron chi connectivity index (χ0n) is 13.8. The van der Waals surface area contributed by atoms with Gasteiger partial charge < -0.3 is 0 Å². The Morgan fingerprint density at radius 3 is 2.59 bits per heavy atom. The Hall–Kier alpha value is -2.22. The molecule has 2 heteroatoms. The lowest BCUT2D eigenvalue weighted by molar-refractivity contribution is -0.659. The molecule has 0 aliphatic heterocycles. The molecule has 2 aromatic heterocycles. The third-order valence-corrected chi connectivity index (χ3v) is 4.04. The van der Waals surface area contributed by atoms with Crippen LogP contribution < -0.4 is 4.57 Å². The van der Waals surface area contributed by atoms with Gasteiger partial charge in [0.1, 0.15) is 7.05 Å². The number of pyridine rings is 2. The van der Waals surface area contributed by atoms with Crippen molar-refractivity contribution < 1.29 is 4.57 Å². The van der Waals surface area contributed by atoms with E-state index in [1.165, 1.54) is 27.9 Å². The van der Waals surface area contributed by atoms with Crippen LogP contribution in [0.1, 0.15) is 25.1 Å². The summed E-state index contributed by atoms with van der Waals surface area (Å²) in [7, 11) is 2.10. The number of hydrogen-bond acceptors (Lipinski definition) is 1. The minimum absolute atomic E-state index is 0.626. The maximum Gasteiger partial charge on any atom is 0.214 e. The van der Waals surface area contributed by atoms with Gasteiger partial charge in [0.15, 0.2) is 6.20 Å². The fraction of sp³-hybridized carbons (Fsp3) is 0.300. The number of nitrogens with zero attached hydrogens (tertiary/aromatic N) is 2. The van der Waals surface area contributed by atoms with Crippen LogP contribution in [0.25, 0.3) is 22.2 Å². The Kier molecular flexibility index (Phi) is 3.93. The highest BCUT2D eigenvalue weighted by Crippen LogP contribution is 2.23. The van der Waals surface area contributed by atoms with E-state index in [9.17, 15) is 0 Å². The lowest BCUT2D eigenvalue weighted by Gasteiger charge is -2.08. The predicted octanol–water partition coefficient (Wildman–Crippen LogP) is 4.23. The molecule has 0 saturated carbocycles. The van der Waals surface area contributed by atoms with Gasteiger partial charge in [0, 0.05) is 17.3 Å². The van der Waals surface area contributed by atoms with Gasteiger partial charge in [0.25, 0.3) is 0 Å². The third kappa shape index (κ3) is 2.87. The first-order valence-corrected chi connectivity index (χ1v) is 7.90. The monoisotopic (exact) mass is 291 g/mol. The van der Waals surface area contributed by atoms with Crippen molar-refractivity contribution in [3.8, 4) is 11.3 Å². The average Bonchev–Trinajstić information content (AvgIpc) is 2.47. The first-order chi connectivity index (χ1) is 10.5. The average molecular weight is 291 g/mol. The molecular weight excluding hydrogens is 268 g/mol. The Morgan fingerprint density at radius 2 is 1.86 bits per heavy atom. The van der Waals surface area contributed by atoms with E-state index in [2.05, 4.69) is 81.0 Å². The van der Waals surface area contributed by atoms with Crippen LogP contribution in [-0.4, -0.2) is 4.98 Å². The summed E-state index contributed by atoms with van der Waals surface area (Å²) in [6, 6.07) is 15.0. The summed E-state index contributed by atoms with van der Waals surface area (Å²) in [6.07, 6.45) is 3.19. The quantitative estimate of drug-likeness (QED) is 0.660. The summed E-state index contributed by atoms with van der Waals surface area (Å²) < 4.78 is 2.19. The maximum absolute atomic E-state index is 4.86. The van der Waals surface area contributed by atoms with Crippen molar-refractivity contribution in [3.05, 3.63) is 59.9 Å². The van der Waals surface area contributed by atoms with Crippen LogP contribution in [0, 0.1) is 12.8 Å². The first kappa shape index (κ1) is 14.7. The molecule has 2 nitrogen and oxygen atoms in total. The second kappa shape index (κ2) is 5.88. The number of hydrogen-bond donors (Lipinski definition) is 0. The number of fused-ring (bicyclic) bond motifs is 1. The molecule has 0 unspecified atom stereocenters. The fourth-order valence-electron chi connectivity index (χ4n) is 2.92. The van der Waals surface area contributed by atoms with Crippen LogP contribution in [0.5, 0.6) is 0 Å². The van der Waals surface area contributed by atoms with Gasteiger partial charge in [-0.2, -0.15) is 0 Å². The van der Waals surface area contributed by atoms with Crippen LogP contribution in [0.3, 0.4) is 0 Å². The standard InChI is InChI=1S/C20H23N2/c1-14(2)11-17-10-9-16-13-22(4)20(12-19(16)21-17)18-8-6-5-7-15(18)3/h5-10,12-14H,11H2,1-4H3/q+1. The van der Waals surface area contributed by atoms with Gasteiger partial charge in [-0.15, -0.1) is 0 Å². The van der Waals surface area contributed by atoms with E-state index in [0.29, 0.717) is 5.92 Å². The first-order valence-electron chi connectivity index (χ1n) is 7.90. The zero-order chi connectivity index (χ0) is 15.7. The number of aromatic nitrogens is 2. The van der Waals surface area contributed by atoms with Crippen LogP contribution in [0.2, 0.25) is 0 Å². The predicted molar refractivity (Wildman–Crippen MR) is 91.6 cm³/mol. The molecule has 0 atom stereocenters. The minimum atomic E-state index is 0.626. The van der Waals surface area contributed by atoms with Gasteiger partial charge >= 0.3 is 0 Å². The SMILES string of the molecule is Cc1ccccc1-c1cc2nc(CC(C)C)ccc2c[n+]1C. The molecule has 0 amide bonds. The molecule has 0 radical (unpaired) electrons. The molecule has 0 bridgehead atoms. The molecule has 3 aromatic rings. The van der Waals surface area contributed by atoms with E-state index in [0.717, 1.165) is 11.9 Å². The van der Waals surface area contributed by atoms with E-state index in [4.69, 9.17) is 4.98 Å². The second-order valence-electron chi connectivity index (χ2n) is 6.46. The van der Waals surface area contributed by atoms with Crippen LogP contribution in [0.4, 0.5) is 0 Å². The van der Waals surface area contributed by atoms with Crippen molar-refractivity contribution >= 4 is 10.9 Å².